The van der Waals surface area contributed by atoms with E-state index in [1.165, 1.54) is 17.3 Å². The van der Waals surface area contributed by atoms with Gasteiger partial charge in [-0.2, -0.15) is 0 Å². The third-order valence-electron chi connectivity index (χ3n) is 5.47. The molecule has 2 heterocycles. The first-order valence-corrected chi connectivity index (χ1v) is 10.9. The summed E-state index contributed by atoms with van der Waals surface area (Å²) in [4.78, 5) is 31.8. The van der Waals surface area contributed by atoms with Gasteiger partial charge < -0.3 is 9.84 Å². The molecule has 0 radical (unpaired) electrons. The van der Waals surface area contributed by atoms with E-state index in [1.807, 2.05) is 43.3 Å². The van der Waals surface area contributed by atoms with Crippen molar-refractivity contribution in [3.63, 3.8) is 0 Å². The predicted octanol–water partition coefficient (Wildman–Crippen LogP) is 5.05. The lowest BCUT2D eigenvalue weighted by molar-refractivity contribution is -0.132. The molecule has 1 N–H and O–H groups in total. The molecule has 1 aromatic heterocycles. The second kappa shape index (κ2) is 9.28. The molecule has 1 saturated heterocycles. The number of rotatable bonds is 6. The van der Waals surface area contributed by atoms with Gasteiger partial charge in [0, 0.05) is 23.6 Å². The third kappa shape index (κ3) is 4.51. The van der Waals surface area contributed by atoms with Gasteiger partial charge in [0.25, 0.3) is 11.7 Å². The van der Waals surface area contributed by atoms with Crippen molar-refractivity contribution >= 4 is 23.1 Å². The maximum absolute atomic E-state index is 13.2. The third-order valence-corrected chi connectivity index (χ3v) is 5.47. The number of aliphatic hydroxyl groups excluding tert-OH is 1. The highest BCUT2D eigenvalue weighted by Crippen LogP contribution is 2.42. The molecule has 1 amide bonds. The fourth-order valence-electron chi connectivity index (χ4n) is 3.82. The van der Waals surface area contributed by atoms with Crippen LogP contribution in [0.1, 0.15) is 36.6 Å². The van der Waals surface area contributed by atoms with Crippen LogP contribution in [0.3, 0.4) is 0 Å². The smallest absolute Gasteiger partial charge is 0.300 e. The number of benzene rings is 2. The van der Waals surface area contributed by atoms with Crippen molar-refractivity contribution in [1.82, 2.24) is 4.98 Å². The van der Waals surface area contributed by atoms with Gasteiger partial charge >= 0.3 is 0 Å². The molecule has 4 rings (SSSR count). The van der Waals surface area contributed by atoms with Crippen LogP contribution in [0.5, 0.6) is 5.75 Å². The largest absolute Gasteiger partial charge is 0.507 e. The van der Waals surface area contributed by atoms with Gasteiger partial charge in [0.05, 0.1) is 18.2 Å². The maximum Gasteiger partial charge on any atom is 0.300 e. The van der Waals surface area contributed by atoms with Crippen LogP contribution in [-0.4, -0.2) is 28.4 Å². The van der Waals surface area contributed by atoms with Gasteiger partial charge in [-0.15, -0.1) is 0 Å². The van der Waals surface area contributed by atoms with Gasteiger partial charge in [0.15, 0.2) is 0 Å². The molecule has 3 aromatic rings. The number of aryl methyl sites for hydroxylation is 1. The average Bonchev–Trinajstić information content (AvgIpc) is 3.09. The molecule has 0 aliphatic carbocycles. The van der Waals surface area contributed by atoms with Crippen LogP contribution in [0.4, 0.5) is 5.69 Å². The van der Waals surface area contributed by atoms with Crippen LogP contribution < -0.4 is 9.64 Å². The van der Waals surface area contributed by atoms with Gasteiger partial charge in [-0.25, -0.2) is 0 Å². The average molecular weight is 443 g/mol. The molecule has 33 heavy (non-hydrogen) atoms. The Bertz CT molecular complexity index is 1200. The van der Waals surface area contributed by atoms with Crippen LogP contribution in [0.2, 0.25) is 0 Å². The Balaban J connectivity index is 1.88. The van der Waals surface area contributed by atoms with Crippen molar-refractivity contribution in [2.75, 3.05) is 11.5 Å². The quantitative estimate of drug-likeness (QED) is 0.328. The standard InChI is InChI=1S/C27H26N2O4/c1-17(2)16-33-22-6-4-5-20(15-22)24-23(25(30)19-11-13-28-14-12-19)26(31)27(32)29(24)21-9-7-18(3)8-10-21/h4-15,17,24,30H,16H2,1-3H3/b25-23-. The first kappa shape index (κ1) is 22.3. The summed E-state index contributed by atoms with van der Waals surface area (Å²) in [6.45, 7) is 6.61. The Morgan fingerprint density at radius 3 is 2.42 bits per heavy atom. The molecule has 1 aliphatic heterocycles. The topological polar surface area (TPSA) is 79.7 Å². The molecule has 0 saturated carbocycles. The minimum Gasteiger partial charge on any atom is -0.507 e. The summed E-state index contributed by atoms with van der Waals surface area (Å²) in [7, 11) is 0. The van der Waals surface area contributed by atoms with Crippen molar-refractivity contribution in [2.24, 2.45) is 5.92 Å². The molecule has 2 aromatic carbocycles. The van der Waals surface area contributed by atoms with E-state index in [9.17, 15) is 14.7 Å². The van der Waals surface area contributed by atoms with Gasteiger partial charge in [-0.3, -0.25) is 19.5 Å². The monoisotopic (exact) mass is 442 g/mol. The molecule has 1 fully saturated rings. The minimum absolute atomic E-state index is 0.0350. The fraction of sp³-hybridized carbons (Fsp3) is 0.222. The zero-order chi connectivity index (χ0) is 23.5. The number of aliphatic hydroxyl groups is 1. The summed E-state index contributed by atoms with van der Waals surface area (Å²) in [5.41, 5.74) is 2.74. The Hall–Kier alpha value is -3.93. The Morgan fingerprint density at radius 2 is 1.76 bits per heavy atom. The zero-order valence-corrected chi connectivity index (χ0v) is 18.9. The minimum atomic E-state index is -0.802. The van der Waals surface area contributed by atoms with Gasteiger partial charge in [0.2, 0.25) is 0 Å². The first-order valence-electron chi connectivity index (χ1n) is 10.9. The Morgan fingerprint density at radius 1 is 1.06 bits per heavy atom. The molecule has 1 atom stereocenters. The van der Waals surface area contributed by atoms with Crippen LogP contribution in [0.25, 0.3) is 5.76 Å². The second-order valence-electron chi connectivity index (χ2n) is 8.52. The van der Waals surface area contributed by atoms with Crippen molar-refractivity contribution in [3.8, 4) is 5.75 Å². The Kier molecular flexibility index (Phi) is 6.27. The first-order chi connectivity index (χ1) is 15.9. The van der Waals surface area contributed by atoms with Crippen molar-refractivity contribution < 1.29 is 19.4 Å². The number of hydrogen-bond donors (Lipinski definition) is 1. The number of Topliss-reactive ketones (excluding diaryl/α,β-unsaturated/α-hetero) is 1. The molecule has 1 aliphatic rings. The summed E-state index contributed by atoms with van der Waals surface area (Å²) in [5, 5.41) is 11.1. The summed E-state index contributed by atoms with van der Waals surface area (Å²) >= 11 is 0. The number of anilines is 1. The van der Waals surface area contributed by atoms with Gasteiger partial charge in [0.1, 0.15) is 11.5 Å². The number of ketones is 1. The summed E-state index contributed by atoms with van der Waals surface area (Å²) in [5.74, 6) is -0.668. The lowest BCUT2D eigenvalue weighted by atomic mass is 9.95. The van der Waals surface area contributed by atoms with E-state index in [1.54, 1.807) is 24.3 Å². The van der Waals surface area contributed by atoms with E-state index in [2.05, 4.69) is 18.8 Å². The summed E-state index contributed by atoms with van der Waals surface area (Å²) in [6.07, 6.45) is 3.06. The van der Waals surface area contributed by atoms with Gasteiger partial charge in [-0.1, -0.05) is 43.7 Å². The molecule has 6 nitrogen and oxygen atoms in total. The highest BCUT2D eigenvalue weighted by Gasteiger charge is 2.47. The highest BCUT2D eigenvalue weighted by molar-refractivity contribution is 6.51. The fourth-order valence-corrected chi connectivity index (χ4v) is 3.82. The van der Waals surface area contributed by atoms with E-state index < -0.39 is 17.7 Å². The van der Waals surface area contributed by atoms with E-state index >= 15 is 0 Å². The van der Waals surface area contributed by atoms with Crippen LogP contribution in [-0.2, 0) is 9.59 Å². The number of amides is 1. The zero-order valence-electron chi connectivity index (χ0n) is 18.9. The van der Waals surface area contributed by atoms with Crippen molar-refractivity contribution in [2.45, 2.75) is 26.8 Å². The molecular weight excluding hydrogens is 416 g/mol. The number of nitrogens with zero attached hydrogens (tertiary/aromatic N) is 2. The number of carbonyl (C=O) groups is 2. The number of ether oxygens (including phenoxy) is 1. The van der Waals surface area contributed by atoms with Gasteiger partial charge in [-0.05, 0) is 54.8 Å². The normalized spacial score (nSPS) is 17.6. The molecule has 1 unspecified atom stereocenters. The molecular formula is C27H26N2O4. The molecule has 168 valence electrons. The highest BCUT2D eigenvalue weighted by atomic mass is 16.5. The molecule has 0 spiro atoms. The lowest BCUT2D eigenvalue weighted by Gasteiger charge is -2.26. The number of pyridine rings is 1. The summed E-state index contributed by atoms with van der Waals surface area (Å²) in [6, 6.07) is 17.1. The van der Waals surface area contributed by atoms with E-state index in [-0.39, 0.29) is 11.3 Å². The van der Waals surface area contributed by atoms with Crippen LogP contribution in [0.15, 0.2) is 78.6 Å². The SMILES string of the molecule is Cc1ccc(N2C(=O)C(=O)/C(=C(\O)c3ccncc3)C2c2cccc(OCC(C)C)c2)cc1. The number of carbonyl (C=O) groups excluding carboxylic acids is 2. The number of hydrogen-bond acceptors (Lipinski definition) is 5. The number of aromatic nitrogens is 1. The molecule has 0 bridgehead atoms. The summed E-state index contributed by atoms with van der Waals surface area (Å²) < 4.78 is 5.88. The predicted molar refractivity (Wildman–Crippen MR) is 127 cm³/mol. The van der Waals surface area contributed by atoms with Crippen molar-refractivity contribution in [3.05, 3.63) is 95.3 Å². The molecule has 6 heteroatoms. The lowest BCUT2D eigenvalue weighted by Crippen LogP contribution is -2.29. The van der Waals surface area contributed by atoms with E-state index in [0.29, 0.717) is 35.1 Å². The van der Waals surface area contributed by atoms with Crippen molar-refractivity contribution in [1.29, 1.82) is 0 Å². The maximum atomic E-state index is 13.2. The Labute approximate surface area is 193 Å². The van der Waals surface area contributed by atoms with Crippen LogP contribution in [0, 0.1) is 12.8 Å². The van der Waals surface area contributed by atoms with E-state index in [0.717, 1.165) is 5.56 Å². The van der Waals surface area contributed by atoms with Crippen LogP contribution >= 0.6 is 0 Å². The van der Waals surface area contributed by atoms with E-state index in [4.69, 9.17) is 4.74 Å². The second-order valence-corrected chi connectivity index (χ2v) is 8.52.